The topological polar surface area (TPSA) is 70.0 Å². The van der Waals surface area contributed by atoms with E-state index in [-0.39, 0.29) is 23.6 Å². The number of hydrogen-bond acceptors (Lipinski definition) is 6. The van der Waals surface area contributed by atoms with Crippen LogP contribution in [0.3, 0.4) is 0 Å². The van der Waals surface area contributed by atoms with E-state index >= 15 is 0 Å². The van der Waals surface area contributed by atoms with Crippen molar-refractivity contribution in [1.82, 2.24) is 0 Å². The fourth-order valence-corrected chi connectivity index (χ4v) is 4.45. The number of ether oxygens (including phenoxy) is 5. The average molecular weight is 542 g/mol. The van der Waals surface area contributed by atoms with Crippen molar-refractivity contribution in [2.45, 2.75) is 44.4 Å². The molecular weight excluding hydrogens is 513 g/mol. The van der Waals surface area contributed by atoms with Crippen LogP contribution >= 0.6 is 23.2 Å². The Balaban J connectivity index is 1.59. The third-order valence-corrected chi connectivity index (χ3v) is 6.35. The molecule has 194 valence electrons. The number of hydrogen-bond donors (Lipinski definition) is 1. The molecule has 37 heavy (non-hydrogen) atoms. The summed E-state index contributed by atoms with van der Waals surface area (Å²) in [5, 5.41) is 8.66. The summed E-state index contributed by atoms with van der Waals surface area (Å²) in [7, 11) is 1.51. The highest BCUT2D eigenvalue weighted by Gasteiger charge is 2.47. The highest BCUT2D eigenvalue weighted by Crippen LogP contribution is 2.36. The first-order chi connectivity index (χ1) is 18.1. The zero-order valence-electron chi connectivity index (χ0n) is 20.4. The van der Waals surface area contributed by atoms with Gasteiger partial charge in [-0.1, -0.05) is 114 Å². The van der Waals surface area contributed by atoms with Crippen LogP contribution in [-0.2, 0) is 43.5 Å². The fraction of sp³-hybridized carbons (Fsp3) is 0.276. The first kappa shape index (κ1) is 27.3. The highest BCUT2D eigenvalue weighted by atomic mass is 35.5. The molecule has 1 heterocycles. The van der Waals surface area contributed by atoms with Gasteiger partial charge >= 0.3 is 0 Å². The Kier molecular flexibility index (Phi) is 10.1. The maximum atomic E-state index is 8.66. The van der Waals surface area contributed by atoms with Gasteiger partial charge in [-0.2, -0.15) is 0 Å². The van der Waals surface area contributed by atoms with E-state index in [2.05, 4.69) is 0 Å². The molecule has 0 aromatic heterocycles. The van der Waals surface area contributed by atoms with Gasteiger partial charge in [-0.15, -0.1) is 0 Å². The van der Waals surface area contributed by atoms with Crippen molar-refractivity contribution in [3.05, 3.63) is 118 Å². The molecule has 8 heteroatoms. The molecule has 4 atom stereocenters. The molecule has 1 aliphatic heterocycles. The van der Waals surface area contributed by atoms with Gasteiger partial charge in [-0.25, -0.2) is 0 Å². The first-order valence-corrected chi connectivity index (χ1v) is 12.6. The Hall–Kier alpha value is -2.71. The second-order valence-corrected chi connectivity index (χ2v) is 9.40. The van der Waals surface area contributed by atoms with E-state index < -0.39 is 24.6 Å². The lowest BCUT2D eigenvalue weighted by atomic mass is 9.95. The number of benzene rings is 3. The monoisotopic (exact) mass is 541 g/mol. The van der Waals surface area contributed by atoms with Gasteiger partial charge in [-0.3, -0.25) is 5.41 Å². The summed E-state index contributed by atoms with van der Waals surface area (Å²) < 4.78 is 30.1. The lowest BCUT2D eigenvalue weighted by molar-refractivity contribution is -0.252. The van der Waals surface area contributed by atoms with Crippen molar-refractivity contribution in [2.24, 2.45) is 0 Å². The molecule has 1 saturated heterocycles. The molecule has 3 aromatic carbocycles. The molecule has 1 N–H and O–H groups in total. The minimum Gasteiger partial charge on any atom is -0.474 e. The van der Waals surface area contributed by atoms with Crippen LogP contribution in [0.25, 0.3) is 0 Å². The van der Waals surface area contributed by atoms with Crippen molar-refractivity contribution in [3.8, 4) is 0 Å². The molecular formula is C29H29Cl2NO5. The van der Waals surface area contributed by atoms with E-state index in [4.69, 9.17) is 52.3 Å². The summed E-state index contributed by atoms with van der Waals surface area (Å²) in [6.45, 7) is 0.746. The molecule has 0 bridgehead atoms. The van der Waals surface area contributed by atoms with Crippen molar-refractivity contribution >= 4 is 29.1 Å². The summed E-state index contributed by atoms with van der Waals surface area (Å²) in [5.41, 5.74) is 3.20. The molecule has 1 aliphatic rings. The SMILES string of the molecule is CO[C@H]1O[C@H](C(=N)OCc2ccccc2)C(=C(Cl)Cl)[C@H](OCc2ccccc2)[C@H]1OCc1ccccc1. The number of rotatable bonds is 10. The van der Waals surface area contributed by atoms with Gasteiger partial charge in [0, 0.05) is 12.7 Å². The van der Waals surface area contributed by atoms with Gasteiger partial charge in [0.05, 0.1) is 13.2 Å². The van der Waals surface area contributed by atoms with Crippen LogP contribution in [0.4, 0.5) is 0 Å². The highest BCUT2D eigenvalue weighted by molar-refractivity contribution is 6.56. The third kappa shape index (κ3) is 7.42. The molecule has 0 unspecified atom stereocenters. The summed E-state index contributed by atoms with van der Waals surface area (Å²) in [6, 6.07) is 29.0. The molecule has 0 aliphatic carbocycles. The quantitative estimate of drug-likeness (QED) is 0.237. The largest absolute Gasteiger partial charge is 0.474 e. The Morgan fingerprint density at radius 1 is 0.757 bits per heavy atom. The molecule has 6 nitrogen and oxygen atoms in total. The van der Waals surface area contributed by atoms with Gasteiger partial charge in [0.15, 0.2) is 12.4 Å². The molecule has 0 saturated carbocycles. The van der Waals surface area contributed by atoms with Crippen LogP contribution in [0.1, 0.15) is 16.7 Å². The predicted molar refractivity (Wildman–Crippen MR) is 143 cm³/mol. The first-order valence-electron chi connectivity index (χ1n) is 11.9. The van der Waals surface area contributed by atoms with E-state index in [0.717, 1.165) is 16.7 Å². The van der Waals surface area contributed by atoms with Crippen molar-refractivity contribution < 1.29 is 23.7 Å². The Morgan fingerprint density at radius 2 is 1.24 bits per heavy atom. The number of methoxy groups -OCH3 is 1. The van der Waals surface area contributed by atoms with Crippen LogP contribution in [0.15, 0.2) is 101 Å². The van der Waals surface area contributed by atoms with Crippen LogP contribution in [0.2, 0.25) is 0 Å². The molecule has 0 radical (unpaired) electrons. The second-order valence-electron chi connectivity index (χ2n) is 8.45. The minimum atomic E-state index is -1.02. The van der Waals surface area contributed by atoms with E-state index in [1.165, 1.54) is 7.11 Å². The lowest BCUT2D eigenvalue weighted by Crippen LogP contribution is -2.55. The van der Waals surface area contributed by atoms with Crippen molar-refractivity contribution in [2.75, 3.05) is 7.11 Å². The average Bonchev–Trinajstić information content (AvgIpc) is 2.94. The summed E-state index contributed by atoms with van der Waals surface area (Å²) in [5.74, 6) is -0.158. The fourth-order valence-electron chi connectivity index (χ4n) is 4.04. The summed E-state index contributed by atoms with van der Waals surface area (Å²) in [6.07, 6.45) is -3.37. The van der Waals surface area contributed by atoms with Gasteiger partial charge < -0.3 is 23.7 Å². The van der Waals surface area contributed by atoms with Gasteiger partial charge in [0.2, 0.25) is 5.90 Å². The normalized spacial score (nSPS) is 21.4. The van der Waals surface area contributed by atoms with Crippen LogP contribution in [0, 0.1) is 5.41 Å². The van der Waals surface area contributed by atoms with E-state index in [9.17, 15) is 0 Å². The molecule has 0 amide bonds. The Labute approximate surface area is 227 Å². The predicted octanol–water partition coefficient (Wildman–Crippen LogP) is 6.41. The zero-order valence-corrected chi connectivity index (χ0v) is 21.9. The molecule has 1 fully saturated rings. The Bertz CT molecular complexity index is 1160. The second kappa shape index (κ2) is 13.7. The summed E-state index contributed by atoms with van der Waals surface area (Å²) >= 11 is 12.8. The maximum Gasteiger partial charge on any atom is 0.215 e. The van der Waals surface area contributed by atoms with Gasteiger partial charge in [-0.05, 0) is 16.7 Å². The van der Waals surface area contributed by atoms with E-state index in [1.54, 1.807) is 0 Å². The van der Waals surface area contributed by atoms with Crippen LogP contribution in [-0.4, -0.2) is 37.6 Å². The smallest absolute Gasteiger partial charge is 0.215 e. The number of nitrogens with one attached hydrogen (secondary N) is 1. The van der Waals surface area contributed by atoms with Crippen LogP contribution < -0.4 is 0 Å². The van der Waals surface area contributed by atoms with Gasteiger partial charge in [0.25, 0.3) is 0 Å². The number of halogens is 2. The molecule has 0 spiro atoms. The lowest BCUT2D eigenvalue weighted by Gasteiger charge is -2.42. The maximum absolute atomic E-state index is 8.66. The zero-order chi connectivity index (χ0) is 26.0. The van der Waals surface area contributed by atoms with Crippen molar-refractivity contribution in [1.29, 1.82) is 5.41 Å². The van der Waals surface area contributed by atoms with E-state index in [1.807, 2.05) is 91.0 Å². The van der Waals surface area contributed by atoms with E-state index in [0.29, 0.717) is 12.2 Å². The summed E-state index contributed by atoms with van der Waals surface area (Å²) in [4.78, 5) is 0. The van der Waals surface area contributed by atoms with Crippen molar-refractivity contribution in [3.63, 3.8) is 0 Å². The molecule has 4 rings (SSSR count). The molecule has 3 aromatic rings. The third-order valence-electron chi connectivity index (χ3n) is 5.91. The minimum absolute atomic E-state index is 0.0704. The standard InChI is InChI=1S/C29H29Cl2NO5/c1-33-29-26(35-18-21-13-7-3-8-14-21)24(34-17-20-11-5-2-6-12-20)23(27(30)31)25(37-29)28(32)36-19-22-15-9-4-10-16-22/h2-16,24-26,29,32H,17-19H2,1H3/t24-,25-,26+,29-/m0/s1. The van der Waals surface area contributed by atoms with Crippen LogP contribution in [0.5, 0.6) is 0 Å². The van der Waals surface area contributed by atoms with Gasteiger partial charge in [0.1, 0.15) is 23.3 Å². The Morgan fingerprint density at radius 3 is 1.73 bits per heavy atom.